The summed E-state index contributed by atoms with van der Waals surface area (Å²) in [5, 5.41) is 16.4. The van der Waals surface area contributed by atoms with Gasteiger partial charge in [0.1, 0.15) is 0 Å². The van der Waals surface area contributed by atoms with E-state index in [4.69, 9.17) is 10.9 Å². The molecule has 1 aromatic heterocycles. The van der Waals surface area contributed by atoms with Gasteiger partial charge in [-0.15, -0.1) is 0 Å². The monoisotopic (exact) mass is 281 g/mol. The van der Waals surface area contributed by atoms with Gasteiger partial charge in [-0.25, -0.2) is 0 Å². The molecule has 6 nitrogen and oxygen atoms in total. The molecule has 3 N–H and O–H groups in total. The highest BCUT2D eigenvalue weighted by Crippen LogP contribution is 2.15. The first kappa shape index (κ1) is 16.5. The highest BCUT2D eigenvalue weighted by atomic mass is 16.4. The topological polar surface area (TPSA) is 79.7 Å². The molecule has 0 aliphatic carbocycles. The molecule has 114 valence electrons. The molecule has 0 amide bonds. The van der Waals surface area contributed by atoms with Gasteiger partial charge in [0.05, 0.1) is 18.3 Å². The van der Waals surface area contributed by atoms with Crippen molar-refractivity contribution in [3.8, 4) is 0 Å². The van der Waals surface area contributed by atoms with Crippen molar-refractivity contribution in [2.24, 2.45) is 10.9 Å². The van der Waals surface area contributed by atoms with Crippen molar-refractivity contribution in [1.82, 2.24) is 14.7 Å². The van der Waals surface area contributed by atoms with Crippen LogP contribution in [0.2, 0.25) is 0 Å². The van der Waals surface area contributed by atoms with Crippen molar-refractivity contribution < 1.29 is 5.21 Å². The van der Waals surface area contributed by atoms with Crippen molar-refractivity contribution >= 4 is 5.84 Å². The van der Waals surface area contributed by atoms with Crippen LogP contribution in [0.15, 0.2) is 17.4 Å². The number of rotatable bonds is 8. The molecular weight excluding hydrogens is 254 g/mol. The van der Waals surface area contributed by atoms with E-state index in [-0.39, 0.29) is 5.84 Å². The molecule has 1 aromatic rings. The summed E-state index contributed by atoms with van der Waals surface area (Å²) in [4.78, 5) is 2.12. The largest absolute Gasteiger partial charge is 0.409 e. The lowest BCUT2D eigenvalue weighted by molar-refractivity contribution is 0.234. The summed E-state index contributed by atoms with van der Waals surface area (Å²) in [6.07, 6.45) is 4.19. The van der Waals surface area contributed by atoms with Crippen molar-refractivity contribution in [3.05, 3.63) is 18.0 Å². The Labute approximate surface area is 121 Å². The Kier molecular flexibility index (Phi) is 6.51. The van der Waals surface area contributed by atoms with E-state index in [1.807, 2.05) is 16.9 Å². The summed E-state index contributed by atoms with van der Waals surface area (Å²) in [7, 11) is 0. The maximum absolute atomic E-state index is 8.69. The van der Waals surface area contributed by atoms with Crippen molar-refractivity contribution in [2.45, 2.75) is 59.2 Å². The number of amidine groups is 1. The van der Waals surface area contributed by atoms with Crippen LogP contribution >= 0.6 is 0 Å². The van der Waals surface area contributed by atoms with Gasteiger partial charge in [-0.05, 0) is 32.8 Å². The molecule has 0 spiro atoms. The molecule has 20 heavy (non-hydrogen) atoms. The Bertz CT molecular complexity index is 423. The molecule has 0 fully saturated rings. The molecule has 0 atom stereocenters. The molecule has 1 rings (SSSR count). The summed E-state index contributed by atoms with van der Waals surface area (Å²) in [5.74, 6) is 0.220. The molecule has 6 heteroatoms. The zero-order valence-electron chi connectivity index (χ0n) is 13.0. The second-order valence-electron chi connectivity index (χ2n) is 5.35. The van der Waals surface area contributed by atoms with Crippen molar-refractivity contribution in [3.63, 3.8) is 0 Å². The zero-order chi connectivity index (χ0) is 15.1. The molecule has 0 bridgehead atoms. The van der Waals surface area contributed by atoms with E-state index < -0.39 is 0 Å². The van der Waals surface area contributed by atoms with Crippen LogP contribution in [0.3, 0.4) is 0 Å². The van der Waals surface area contributed by atoms with E-state index in [9.17, 15) is 0 Å². The van der Waals surface area contributed by atoms with Gasteiger partial charge in [-0.2, -0.15) is 5.10 Å². The van der Waals surface area contributed by atoms with Gasteiger partial charge < -0.3 is 10.9 Å². The summed E-state index contributed by atoms with van der Waals surface area (Å²) < 4.78 is 2.04. The Morgan fingerprint density at radius 2 is 2.10 bits per heavy atom. The van der Waals surface area contributed by atoms with Crippen molar-refractivity contribution in [1.29, 1.82) is 0 Å². The predicted octanol–water partition coefficient (Wildman–Crippen LogP) is 2.20. The number of aromatic nitrogens is 2. The minimum absolute atomic E-state index is 0.220. The van der Waals surface area contributed by atoms with Crippen LogP contribution in [0.25, 0.3) is 0 Å². The van der Waals surface area contributed by atoms with E-state index in [1.165, 1.54) is 0 Å². The van der Waals surface area contributed by atoms with E-state index in [1.54, 1.807) is 0 Å². The lowest BCUT2D eigenvalue weighted by Crippen LogP contribution is -2.38. The average molecular weight is 281 g/mol. The first-order chi connectivity index (χ1) is 9.51. The van der Waals surface area contributed by atoms with Crippen LogP contribution in [-0.2, 0) is 6.54 Å². The van der Waals surface area contributed by atoms with Gasteiger partial charge in [0, 0.05) is 18.8 Å². The van der Waals surface area contributed by atoms with Gasteiger partial charge in [-0.3, -0.25) is 9.58 Å². The Morgan fingerprint density at radius 3 is 2.60 bits per heavy atom. The number of hydrogen-bond acceptors (Lipinski definition) is 4. The first-order valence-corrected chi connectivity index (χ1v) is 7.26. The zero-order valence-corrected chi connectivity index (χ0v) is 13.0. The normalized spacial score (nSPS) is 12.8. The van der Waals surface area contributed by atoms with Gasteiger partial charge in [0.15, 0.2) is 5.84 Å². The van der Waals surface area contributed by atoms with E-state index in [0.717, 1.165) is 18.5 Å². The fraction of sp³-hybridized carbons (Fsp3) is 0.714. The van der Waals surface area contributed by atoms with E-state index >= 15 is 0 Å². The van der Waals surface area contributed by atoms with Crippen LogP contribution in [0, 0.1) is 0 Å². The summed E-state index contributed by atoms with van der Waals surface area (Å²) in [6, 6.07) is 2.80. The standard InChI is InChI=1S/C14H27N5O/c1-5-13(6-2)19-8-7-12(16-19)9-18(11(3)4)10-14(15)17-20/h7-8,11,13,20H,5-6,9-10H2,1-4H3,(H2,15,17). The van der Waals surface area contributed by atoms with Gasteiger partial charge in [-0.1, -0.05) is 19.0 Å². The minimum atomic E-state index is 0.220. The third-order valence-corrected chi connectivity index (χ3v) is 3.57. The van der Waals surface area contributed by atoms with E-state index in [2.05, 4.69) is 42.8 Å². The van der Waals surface area contributed by atoms with Gasteiger partial charge in [0.25, 0.3) is 0 Å². The summed E-state index contributed by atoms with van der Waals surface area (Å²) >= 11 is 0. The highest BCUT2D eigenvalue weighted by molar-refractivity contribution is 5.81. The molecule has 0 unspecified atom stereocenters. The highest BCUT2D eigenvalue weighted by Gasteiger charge is 2.15. The maximum atomic E-state index is 8.69. The number of nitrogens with zero attached hydrogens (tertiary/aromatic N) is 4. The fourth-order valence-corrected chi connectivity index (χ4v) is 2.20. The smallest absolute Gasteiger partial charge is 0.153 e. The molecule has 0 saturated heterocycles. The summed E-state index contributed by atoms with van der Waals surface area (Å²) in [6.45, 7) is 9.65. The quantitative estimate of drug-likeness (QED) is 0.331. The third-order valence-electron chi connectivity index (χ3n) is 3.57. The third kappa shape index (κ3) is 4.52. The molecular formula is C14H27N5O. The lowest BCUT2D eigenvalue weighted by atomic mass is 10.2. The molecule has 0 aliphatic rings. The van der Waals surface area contributed by atoms with Gasteiger partial charge in [0.2, 0.25) is 0 Å². The van der Waals surface area contributed by atoms with Crippen LogP contribution < -0.4 is 5.73 Å². The first-order valence-electron chi connectivity index (χ1n) is 7.26. The molecule has 0 radical (unpaired) electrons. The van der Waals surface area contributed by atoms with Crippen molar-refractivity contribution in [2.75, 3.05) is 6.54 Å². The SMILES string of the molecule is CCC(CC)n1ccc(CN(CC(N)=NO)C(C)C)n1. The van der Waals surface area contributed by atoms with Crippen LogP contribution in [0.5, 0.6) is 0 Å². The average Bonchev–Trinajstić information content (AvgIpc) is 2.87. The van der Waals surface area contributed by atoms with E-state index in [0.29, 0.717) is 25.2 Å². The molecule has 0 aromatic carbocycles. The second-order valence-corrected chi connectivity index (χ2v) is 5.35. The van der Waals surface area contributed by atoms with Crippen LogP contribution in [0.1, 0.15) is 52.3 Å². The molecule has 0 aliphatic heterocycles. The lowest BCUT2D eigenvalue weighted by Gasteiger charge is -2.24. The number of hydrogen-bond donors (Lipinski definition) is 2. The predicted molar refractivity (Wildman–Crippen MR) is 80.8 cm³/mol. The Hall–Kier alpha value is -1.56. The van der Waals surface area contributed by atoms with Gasteiger partial charge >= 0.3 is 0 Å². The number of nitrogens with two attached hydrogens (primary N) is 1. The number of oxime groups is 1. The Morgan fingerprint density at radius 1 is 1.45 bits per heavy atom. The Balaban J connectivity index is 2.74. The maximum Gasteiger partial charge on any atom is 0.153 e. The molecule has 0 saturated carbocycles. The van der Waals surface area contributed by atoms with Crippen LogP contribution in [0.4, 0.5) is 0 Å². The minimum Gasteiger partial charge on any atom is -0.409 e. The van der Waals surface area contributed by atoms with Crippen LogP contribution in [-0.4, -0.2) is 38.3 Å². The fourth-order valence-electron chi connectivity index (χ4n) is 2.20. The second kappa shape index (κ2) is 7.89. The summed E-state index contributed by atoms with van der Waals surface area (Å²) in [5.41, 5.74) is 6.61. The molecule has 1 heterocycles.